The topological polar surface area (TPSA) is 90.4 Å². The van der Waals surface area contributed by atoms with Crippen molar-refractivity contribution in [2.24, 2.45) is 0 Å². The molecule has 0 amide bonds. The van der Waals surface area contributed by atoms with E-state index in [0.717, 1.165) is 11.5 Å². The van der Waals surface area contributed by atoms with E-state index in [4.69, 9.17) is 12.3 Å². The Balaban J connectivity index is 0.000000370. The molecule has 0 saturated carbocycles. The molecule has 612 valence electrons. The summed E-state index contributed by atoms with van der Waals surface area (Å²) < 4.78 is 69.0. The lowest BCUT2D eigenvalue weighted by Crippen LogP contribution is -2.49. The summed E-state index contributed by atoms with van der Waals surface area (Å²) in [6, 6.07) is 54.9. The fourth-order valence-corrected chi connectivity index (χ4v) is 15.6. The van der Waals surface area contributed by atoms with Gasteiger partial charge in [0.25, 0.3) is 0 Å². The molecule has 3 aromatic heterocycles. The van der Waals surface area contributed by atoms with Crippen molar-refractivity contribution in [1.82, 2.24) is 24.8 Å². The van der Waals surface area contributed by atoms with Crippen LogP contribution in [-0.4, -0.2) is 116 Å². The van der Waals surface area contributed by atoms with E-state index >= 15 is 0 Å². The lowest BCUT2D eigenvalue weighted by molar-refractivity contribution is 0.171. The van der Waals surface area contributed by atoms with Gasteiger partial charge in [-0.1, -0.05) is 138 Å². The number of anilines is 13. The maximum atomic E-state index is 7.69. The second-order valence-electron chi connectivity index (χ2n) is 35.0. The van der Waals surface area contributed by atoms with Crippen molar-refractivity contribution in [3.8, 4) is 0 Å². The Bertz CT molecular complexity index is 4210. The fourth-order valence-electron chi connectivity index (χ4n) is 15.6. The van der Waals surface area contributed by atoms with Gasteiger partial charge >= 0.3 is 0 Å². The first-order valence-corrected chi connectivity index (χ1v) is 37.3. The molecule has 0 radical (unpaired) electrons. The molecular formula is C95H152N16. The Morgan fingerprint density at radius 3 is 1.07 bits per heavy atom. The fraction of sp³-hybridized carbons (Fsp3) is 0.516. The zero-order valence-electron chi connectivity index (χ0n) is 77.1. The van der Waals surface area contributed by atoms with Crippen LogP contribution >= 0.6 is 0 Å². The number of nitrogens with zero attached hydrogens (tertiary/aromatic N) is 16. The van der Waals surface area contributed by atoms with E-state index in [0.29, 0.717) is 35.5 Å². The second kappa shape index (κ2) is 37.0. The third kappa shape index (κ3) is 20.6. The van der Waals surface area contributed by atoms with Crippen LogP contribution in [0.1, 0.15) is 249 Å². The van der Waals surface area contributed by atoms with E-state index in [1.54, 1.807) is 24.7 Å². The van der Waals surface area contributed by atoms with E-state index in [9.17, 15) is 0 Å². The number of para-hydroxylation sites is 5. The molecule has 6 atom stereocenters. The summed E-state index contributed by atoms with van der Waals surface area (Å²) in [6.07, 6.45) is 11.0. The molecule has 0 bridgehead atoms. The van der Waals surface area contributed by atoms with E-state index in [-0.39, 0.29) is 108 Å². The first-order chi connectivity index (χ1) is 52.5. The highest BCUT2D eigenvalue weighted by molar-refractivity contribution is 5.86. The summed E-state index contributed by atoms with van der Waals surface area (Å²) in [5.74, 6) is 2.35. The maximum absolute atomic E-state index is 7.69. The van der Waals surface area contributed by atoms with Crippen molar-refractivity contribution < 1.29 is 12.3 Å². The molecule has 0 fully saturated rings. The molecule has 0 spiro atoms. The molecule has 16 nitrogen and oxygen atoms in total. The van der Waals surface area contributed by atoms with Gasteiger partial charge < -0.3 is 58.8 Å². The van der Waals surface area contributed by atoms with Gasteiger partial charge in [-0.25, -0.2) is 19.9 Å². The Morgan fingerprint density at radius 2 is 0.631 bits per heavy atom. The average molecular weight is 1530 g/mol. The van der Waals surface area contributed by atoms with E-state index in [2.05, 4.69) is 350 Å². The lowest BCUT2D eigenvalue weighted by atomic mass is 9.86. The van der Waals surface area contributed by atoms with Crippen molar-refractivity contribution in [1.29, 1.82) is 0 Å². The van der Waals surface area contributed by atoms with Crippen LogP contribution in [0.25, 0.3) is 0 Å². The molecule has 0 saturated heterocycles. The first kappa shape index (κ1) is 81.3. The van der Waals surface area contributed by atoms with Crippen LogP contribution in [0.15, 0.2) is 195 Å². The van der Waals surface area contributed by atoms with Crippen LogP contribution in [0, 0.1) is 0 Å². The number of aromatic nitrogens is 4. The highest BCUT2D eigenvalue weighted by Crippen LogP contribution is 2.50. The van der Waals surface area contributed by atoms with Crippen molar-refractivity contribution in [3.05, 3.63) is 200 Å². The van der Waals surface area contributed by atoms with Gasteiger partial charge in [-0.3, -0.25) is 0 Å². The largest absolute Gasteiger partial charge is 0.351 e. The molecule has 6 aliphatic rings. The zero-order valence-corrected chi connectivity index (χ0v) is 68.1. The van der Waals surface area contributed by atoms with Crippen molar-refractivity contribution in [2.45, 2.75) is 307 Å². The quantitative estimate of drug-likeness (QED) is 0.168. The summed E-state index contributed by atoms with van der Waals surface area (Å²) >= 11 is 0. The van der Waals surface area contributed by atoms with Gasteiger partial charge in [-0.05, 0) is 262 Å². The van der Waals surface area contributed by atoms with Gasteiger partial charge in [0, 0.05) is 121 Å². The summed E-state index contributed by atoms with van der Waals surface area (Å²) in [5, 5.41) is 0. The molecule has 9 heterocycles. The lowest BCUT2D eigenvalue weighted by Gasteiger charge is -2.39. The Morgan fingerprint density at radius 1 is 0.279 bits per heavy atom. The summed E-state index contributed by atoms with van der Waals surface area (Å²) in [6.45, 7) is 51.7. The summed E-state index contributed by atoms with van der Waals surface area (Å²) in [5.41, 5.74) is 11.9. The number of fused-ring (bicyclic) bond motifs is 5. The highest BCUT2D eigenvalue weighted by Gasteiger charge is 2.44. The molecule has 5 aromatic carbocycles. The van der Waals surface area contributed by atoms with E-state index < -0.39 is 20.9 Å². The highest BCUT2D eigenvalue weighted by atomic mass is 15.5. The minimum absolute atomic E-state index is 0. The monoisotopic (exact) mass is 1530 g/mol. The smallest absolute Gasteiger partial charge is 0.174 e. The Hall–Kier alpha value is -9.18. The Labute approximate surface area is 690 Å². The molecule has 6 aliphatic heterocycles. The van der Waals surface area contributed by atoms with E-state index in [1.807, 2.05) is 64.6 Å². The second-order valence-corrected chi connectivity index (χ2v) is 35.0. The van der Waals surface area contributed by atoms with Gasteiger partial charge in [0.1, 0.15) is 37.0 Å². The maximum Gasteiger partial charge on any atom is 0.174 e. The molecule has 0 N–H and O–H groups in total. The van der Waals surface area contributed by atoms with Crippen LogP contribution < -0.4 is 53.9 Å². The number of rotatable bonds is 3. The molecule has 16 heteroatoms. The Kier molecular flexibility index (Phi) is 27.1. The van der Waals surface area contributed by atoms with Crippen molar-refractivity contribution in [3.63, 3.8) is 0 Å². The SMILES string of the molecule is C.C.C.C.C.C.C[C@H]1N(c2ccccc2)C=CN1C(C)(C)C.C[C@H]1N(c2ccccc2)c2cc(C(C)(C)C)ccc2N1C(C)(C)C.C[C@H]1N(c2ccccc2)c2ccccc2N1C(C)(C)C.[2H]C([2H])([2H])N1c2cccnc2N(C(C)(C)C)[C@H]1C.[2H]C([2H])([2H])N1c2ncccc2N(C(C)(C)C)[C@H]1C.[2H]C([2H])([2H])N1c2nccnc2N(C(C)(C)C)[C@H]1C. The minimum atomic E-state index is -2.22. The van der Waals surface area contributed by atoms with Gasteiger partial charge in [0.2, 0.25) is 0 Å². The van der Waals surface area contributed by atoms with Gasteiger partial charge in [-0.15, -0.1) is 0 Å². The van der Waals surface area contributed by atoms with Gasteiger partial charge in [0.05, 0.1) is 34.1 Å². The number of benzene rings is 5. The van der Waals surface area contributed by atoms with Crippen LogP contribution in [0.5, 0.6) is 0 Å². The van der Waals surface area contributed by atoms with E-state index in [1.165, 1.54) is 66.3 Å². The molecule has 0 aliphatic carbocycles. The molecule has 8 aromatic rings. The normalized spacial score (nSPS) is 20.1. The van der Waals surface area contributed by atoms with Crippen LogP contribution in [0.3, 0.4) is 0 Å². The molecular weight excluding hydrogens is 1370 g/mol. The average Bonchev–Trinajstić information content (AvgIpc) is 1.61. The van der Waals surface area contributed by atoms with Gasteiger partial charge in [0.15, 0.2) is 23.3 Å². The van der Waals surface area contributed by atoms with Gasteiger partial charge in [-0.2, -0.15) is 0 Å². The summed E-state index contributed by atoms with van der Waals surface area (Å²) in [7, 11) is 0. The molecule has 14 rings (SSSR count). The molecule has 111 heavy (non-hydrogen) atoms. The molecule has 0 unspecified atom stereocenters. The predicted octanol–water partition coefficient (Wildman–Crippen LogP) is 25.0. The van der Waals surface area contributed by atoms with Crippen LogP contribution in [0.2, 0.25) is 0 Å². The standard InChI is InChI=1S/C22H30N2.C18H22N2.C14H20N2.2C12H19N3.C11H18N4.6CH4/c1-16-23(18-11-9-8-10-12-18)20-15-17(21(2,3)4)13-14-19(20)24(16)22(5,6)7;1-14-19(15-10-6-5-7-11-15)16-12-8-9-13-17(16)20(14)18(2,3)4;1-12-15(13-8-6-5-7-9-13)10-11-16(12)14(2,3)4;1-9-14(5)11-10(7-6-8-13-11)15(9)12(2,3)4;1-9-14(5)10-7-6-8-13-11(10)15(9)12(2,3)4;1-8-14(5)9-10(13-7-6-12-9)15(8)11(2,3)4;;;;;;/h8-16H,1-7H3;5-14H,1-4H3;5-12H,1-4H3;2*6-9H,1-5H3;6-8H,1-5H3;6*1H4/t16-;14-;12-;2*9-;8-;;;;;;/m000000....../s1/i;;;3*5D3;;;;;;. The number of pyridine rings is 2. The van der Waals surface area contributed by atoms with Crippen molar-refractivity contribution in [2.75, 3.05) is 74.8 Å². The summed E-state index contributed by atoms with van der Waals surface area (Å²) in [4.78, 5) is 42.0. The van der Waals surface area contributed by atoms with Crippen LogP contribution in [-0.2, 0) is 5.41 Å². The third-order valence-electron chi connectivity index (χ3n) is 19.8. The first-order valence-electron chi connectivity index (χ1n) is 41.8. The minimum Gasteiger partial charge on any atom is -0.351 e. The predicted molar refractivity (Wildman–Crippen MR) is 492 cm³/mol. The number of hydrogen-bond acceptors (Lipinski definition) is 16. The zero-order chi connectivity index (χ0) is 84.9. The van der Waals surface area contributed by atoms with Crippen molar-refractivity contribution >= 4 is 74.5 Å². The van der Waals surface area contributed by atoms with Crippen LogP contribution in [0.4, 0.5) is 74.5 Å². The number of hydrogen-bond donors (Lipinski definition) is 0. The third-order valence-corrected chi connectivity index (χ3v) is 19.8.